The van der Waals surface area contributed by atoms with Crippen LogP contribution in [0.25, 0.3) is 0 Å². The largest absolute Gasteiger partial charge is 0.498 e. The Morgan fingerprint density at radius 3 is 2.50 bits per heavy atom. The Labute approximate surface area is 59.4 Å². The first-order valence-electron chi connectivity index (χ1n) is 2.90. The van der Waals surface area contributed by atoms with E-state index < -0.39 is 12.7 Å². The quantitative estimate of drug-likeness (QED) is 0.441. The molecule has 0 spiro atoms. The number of hydrogen-bond acceptors (Lipinski definition) is 4. The zero-order valence-corrected chi connectivity index (χ0v) is 5.82. The van der Waals surface area contributed by atoms with Gasteiger partial charge >= 0.3 is 0 Å². The van der Waals surface area contributed by atoms with Crippen molar-refractivity contribution < 1.29 is 20.1 Å². The third-order valence-corrected chi connectivity index (χ3v) is 1.03. The molecule has 0 aromatic rings. The molecule has 0 aromatic heterocycles. The SMILES string of the molecule is CO/C(=C/CO)[C@@H](O)CO. The van der Waals surface area contributed by atoms with Crippen LogP contribution >= 0.6 is 0 Å². The minimum Gasteiger partial charge on any atom is -0.498 e. The van der Waals surface area contributed by atoms with Gasteiger partial charge in [0.2, 0.25) is 0 Å². The lowest BCUT2D eigenvalue weighted by Gasteiger charge is -2.09. The van der Waals surface area contributed by atoms with Crippen molar-refractivity contribution >= 4 is 0 Å². The molecule has 0 aliphatic rings. The summed E-state index contributed by atoms with van der Waals surface area (Å²) in [6, 6.07) is 0. The van der Waals surface area contributed by atoms with Crippen molar-refractivity contribution in [2.45, 2.75) is 6.10 Å². The van der Waals surface area contributed by atoms with Crippen molar-refractivity contribution in [1.29, 1.82) is 0 Å². The zero-order valence-electron chi connectivity index (χ0n) is 5.82. The van der Waals surface area contributed by atoms with Gasteiger partial charge in [0.1, 0.15) is 11.9 Å². The molecule has 0 amide bonds. The lowest BCUT2D eigenvalue weighted by Crippen LogP contribution is -2.16. The highest BCUT2D eigenvalue weighted by atomic mass is 16.5. The van der Waals surface area contributed by atoms with E-state index in [1.165, 1.54) is 13.2 Å². The van der Waals surface area contributed by atoms with Crippen molar-refractivity contribution in [3.63, 3.8) is 0 Å². The van der Waals surface area contributed by atoms with Gasteiger partial charge < -0.3 is 20.1 Å². The van der Waals surface area contributed by atoms with Gasteiger partial charge in [-0.25, -0.2) is 0 Å². The summed E-state index contributed by atoms with van der Waals surface area (Å²) in [5.41, 5.74) is 0. The maximum absolute atomic E-state index is 8.89. The highest BCUT2D eigenvalue weighted by Crippen LogP contribution is 2.00. The molecule has 0 aromatic carbocycles. The predicted octanol–water partition coefficient (Wildman–Crippen LogP) is -1.14. The fourth-order valence-corrected chi connectivity index (χ4v) is 0.535. The smallest absolute Gasteiger partial charge is 0.134 e. The first-order valence-corrected chi connectivity index (χ1v) is 2.90. The fourth-order valence-electron chi connectivity index (χ4n) is 0.535. The summed E-state index contributed by atoms with van der Waals surface area (Å²) in [7, 11) is 1.36. The molecular formula is C6H12O4. The van der Waals surface area contributed by atoms with Gasteiger partial charge in [-0.15, -0.1) is 0 Å². The third kappa shape index (κ3) is 2.82. The summed E-state index contributed by atoms with van der Waals surface area (Å²) in [4.78, 5) is 0. The van der Waals surface area contributed by atoms with Gasteiger partial charge in [-0.2, -0.15) is 0 Å². The van der Waals surface area contributed by atoms with Crippen LogP contribution in [-0.4, -0.2) is 41.7 Å². The van der Waals surface area contributed by atoms with Gasteiger partial charge in [-0.3, -0.25) is 0 Å². The molecule has 0 aliphatic heterocycles. The summed E-state index contributed by atoms with van der Waals surface area (Å²) >= 11 is 0. The van der Waals surface area contributed by atoms with Crippen molar-refractivity contribution in [2.24, 2.45) is 0 Å². The second-order valence-corrected chi connectivity index (χ2v) is 1.69. The Morgan fingerprint density at radius 2 is 2.20 bits per heavy atom. The fraction of sp³-hybridized carbons (Fsp3) is 0.667. The average molecular weight is 148 g/mol. The first-order chi connectivity index (χ1) is 4.76. The third-order valence-electron chi connectivity index (χ3n) is 1.03. The maximum Gasteiger partial charge on any atom is 0.134 e. The molecule has 3 N–H and O–H groups in total. The van der Waals surface area contributed by atoms with Crippen molar-refractivity contribution in [3.8, 4) is 0 Å². The molecule has 0 aliphatic carbocycles. The van der Waals surface area contributed by atoms with E-state index in [0.717, 1.165) is 0 Å². The van der Waals surface area contributed by atoms with Crippen LogP contribution in [0.3, 0.4) is 0 Å². The maximum atomic E-state index is 8.89. The van der Waals surface area contributed by atoms with Gasteiger partial charge in [-0.1, -0.05) is 0 Å². The molecule has 4 heteroatoms. The van der Waals surface area contributed by atoms with E-state index in [4.69, 9.17) is 15.3 Å². The Hall–Kier alpha value is -0.580. The summed E-state index contributed by atoms with van der Waals surface area (Å²) in [5.74, 6) is 0.185. The molecule has 4 nitrogen and oxygen atoms in total. The summed E-state index contributed by atoms with van der Waals surface area (Å²) in [6.45, 7) is -0.611. The standard InChI is InChI=1S/C6H12O4/c1-10-6(2-3-7)5(9)4-8/h2,5,7-9H,3-4H2,1H3/b6-2+/t5-/m0/s1. The second-order valence-electron chi connectivity index (χ2n) is 1.69. The number of aliphatic hydroxyl groups is 3. The summed E-state index contributed by atoms with van der Waals surface area (Å²) in [6.07, 6.45) is 0.262. The molecule has 10 heavy (non-hydrogen) atoms. The van der Waals surface area contributed by atoms with E-state index in [-0.39, 0.29) is 12.4 Å². The van der Waals surface area contributed by atoms with Gasteiger partial charge in [0.25, 0.3) is 0 Å². The van der Waals surface area contributed by atoms with Gasteiger partial charge in [-0.05, 0) is 6.08 Å². The Morgan fingerprint density at radius 1 is 1.60 bits per heavy atom. The first kappa shape index (κ1) is 9.42. The Bertz CT molecular complexity index is 110. The van der Waals surface area contributed by atoms with Crippen LogP contribution in [0.15, 0.2) is 11.8 Å². The molecule has 0 bridgehead atoms. The number of ether oxygens (including phenoxy) is 1. The van der Waals surface area contributed by atoms with Gasteiger partial charge in [0, 0.05) is 0 Å². The van der Waals surface area contributed by atoms with Crippen LogP contribution in [0.4, 0.5) is 0 Å². The Balaban J connectivity index is 3.92. The molecule has 0 fully saturated rings. The van der Waals surface area contributed by atoms with Crippen molar-refractivity contribution in [3.05, 3.63) is 11.8 Å². The highest BCUT2D eigenvalue weighted by Gasteiger charge is 2.07. The molecule has 0 rings (SSSR count). The van der Waals surface area contributed by atoms with E-state index in [0.29, 0.717) is 0 Å². The Kier molecular flexibility index (Phi) is 4.92. The van der Waals surface area contributed by atoms with Crippen LogP contribution in [0.1, 0.15) is 0 Å². The van der Waals surface area contributed by atoms with Crippen LogP contribution in [0, 0.1) is 0 Å². The van der Waals surface area contributed by atoms with Crippen LogP contribution in [0.5, 0.6) is 0 Å². The monoisotopic (exact) mass is 148 g/mol. The molecule has 0 heterocycles. The van der Waals surface area contributed by atoms with E-state index in [2.05, 4.69) is 4.74 Å². The number of methoxy groups -OCH3 is 1. The highest BCUT2D eigenvalue weighted by molar-refractivity contribution is 4.99. The number of hydrogen-bond donors (Lipinski definition) is 3. The zero-order chi connectivity index (χ0) is 7.98. The normalized spacial score (nSPS) is 15.0. The van der Waals surface area contributed by atoms with Gasteiger partial charge in [0.05, 0.1) is 20.3 Å². The average Bonchev–Trinajstić information content (AvgIpc) is 1.99. The summed E-state index contributed by atoms with van der Waals surface area (Å²) in [5, 5.41) is 25.7. The van der Waals surface area contributed by atoms with E-state index in [1.807, 2.05) is 0 Å². The van der Waals surface area contributed by atoms with Crippen molar-refractivity contribution in [1.82, 2.24) is 0 Å². The number of aliphatic hydroxyl groups excluding tert-OH is 3. The lowest BCUT2D eigenvalue weighted by molar-refractivity contribution is 0.0722. The number of rotatable bonds is 4. The van der Waals surface area contributed by atoms with Crippen molar-refractivity contribution in [2.75, 3.05) is 20.3 Å². The van der Waals surface area contributed by atoms with Gasteiger partial charge in [0.15, 0.2) is 0 Å². The van der Waals surface area contributed by atoms with Crippen LogP contribution in [-0.2, 0) is 4.74 Å². The molecule has 0 saturated carbocycles. The summed E-state index contributed by atoms with van der Waals surface area (Å²) < 4.78 is 4.63. The second kappa shape index (κ2) is 5.22. The van der Waals surface area contributed by atoms with E-state index in [9.17, 15) is 0 Å². The molecule has 60 valence electrons. The molecule has 0 saturated heterocycles. The van der Waals surface area contributed by atoms with E-state index >= 15 is 0 Å². The predicted molar refractivity (Wildman–Crippen MR) is 35.3 cm³/mol. The topological polar surface area (TPSA) is 69.9 Å². The van der Waals surface area contributed by atoms with E-state index in [1.54, 1.807) is 0 Å². The molecule has 0 unspecified atom stereocenters. The lowest BCUT2D eigenvalue weighted by atomic mass is 10.3. The van der Waals surface area contributed by atoms with Crippen LogP contribution in [0.2, 0.25) is 0 Å². The molecule has 1 atom stereocenters. The minimum absolute atomic E-state index is 0.185. The molecule has 0 radical (unpaired) electrons. The molecular weight excluding hydrogens is 136 g/mol. The van der Waals surface area contributed by atoms with Crippen LogP contribution < -0.4 is 0 Å². The minimum atomic E-state index is -1.03.